The highest BCUT2D eigenvalue weighted by Gasteiger charge is 2.15. The summed E-state index contributed by atoms with van der Waals surface area (Å²) in [7, 11) is 3.54. The Labute approximate surface area is 152 Å². The Morgan fingerprint density at radius 2 is 2.00 bits per heavy atom. The molecule has 0 atom stereocenters. The Morgan fingerprint density at radius 1 is 1.20 bits per heavy atom. The Hall–Kier alpha value is -2.60. The van der Waals surface area contributed by atoms with Crippen molar-refractivity contribution in [1.29, 1.82) is 0 Å². The maximum absolute atomic E-state index is 13.0. The highest BCUT2D eigenvalue weighted by Crippen LogP contribution is 2.31. The molecule has 2 aromatic heterocycles. The number of ether oxygens (including phenoxy) is 1. The van der Waals surface area contributed by atoms with E-state index in [-0.39, 0.29) is 5.56 Å². The Kier molecular flexibility index (Phi) is 3.84. The molecule has 0 saturated heterocycles. The molecule has 6 heteroatoms. The number of nitrogens with zero attached hydrogens (tertiary/aromatic N) is 3. The van der Waals surface area contributed by atoms with E-state index >= 15 is 0 Å². The van der Waals surface area contributed by atoms with Crippen molar-refractivity contribution in [2.24, 2.45) is 7.05 Å². The van der Waals surface area contributed by atoms with Gasteiger partial charge in [-0.2, -0.15) is 5.10 Å². The van der Waals surface area contributed by atoms with Crippen molar-refractivity contribution < 1.29 is 4.74 Å². The third-order valence-corrected chi connectivity index (χ3v) is 5.10. The van der Waals surface area contributed by atoms with Gasteiger partial charge in [0.15, 0.2) is 0 Å². The Balaban J connectivity index is 1.91. The quantitative estimate of drug-likeness (QED) is 0.529. The van der Waals surface area contributed by atoms with Crippen LogP contribution in [-0.2, 0) is 13.6 Å². The lowest BCUT2D eigenvalue weighted by molar-refractivity contribution is 0.414. The number of hydrogen-bond acceptors (Lipinski definition) is 3. The van der Waals surface area contributed by atoms with Crippen LogP contribution in [0.4, 0.5) is 0 Å². The zero-order valence-corrected chi connectivity index (χ0v) is 15.4. The average molecular weight is 398 g/mol. The van der Waals surface area contributed by atoms with E-state index in [1.165, 1.54) is 4.68 Å². The van der Waals surface area contributed by atoms with Crippen molar-refractivity contribution in [2.45, 2.75) is 6.54 Å². The predicted molar refractivity (Wildman–Crippen MR) is 102 cm³/mol. The fourth-order valence-corrected chi connectivity index (χ4v) is 3.79. The lowest BCUT2D eigenvalue weighted by atomic mass is 10.2. The van der Waals surface area contributed by atoms with E-state index in [0.29, 0.717) is 12.1 Å². The van der Waals surface area contributed by atoms with Crippen LogP contribution >= 0.6 is 15.9 Å². The van der Waals surface area contributed by atoms with Crippen LogP contribution < -0.4 is 10.3 Å². The zero-order valence-electron chi connectivity index (χ0n) is 13.9. The van der Waals surface area contributed by atoms with Gasteiger partial charge in [-0.25, -0.2) is 4.68 Å². The van der Waals surface area contributed by atoms with Gasteiger partial charge in [0.25, 0.3) is 5.56 Å². The second-order valence-electron chi connectivity index (χ2n) is 5.91. The van der Waals surface area contributed by atoms with Gasteiger partial charge in [0, 0.05) is 22.3 Å². The minimum Gasteiger partial charge on any atom is -0.497 e. The second-order valence-corrected chi connectivity index (χ2v) is 6.77. The first-order valence-corrected chi connectivity index (χ1v) is 8.65. The van der Waals surface area contributed by atoms with Gasteiger partial charge in [-0.1, -0.05) is 34.1 Å². The van der Waals surface area contributed by atoms with Crippen LogP contribution in [0.5, 0.6) is 5.75 Å². The first kappa shape index (κ1) is 15.9. The van der Waals surface area contributed by atoms with Gasteiger partial charge in [0.05, 0.1) is 25.4 Å². The van der Waals surface area contributed by atoms with Crippen LogP contribution in [0.3, 0.4) is 0 Å². The van der Waals surface area contributed by atoms with Crippen molar-refractivity contribution >= 4 is 37.7 Å². The second kappa shape index (κ2) is 6.04. The predicted octanol–water partition coefficient (Wildman–Crippen LogP) is 3.71. The van der Waals surface area contributed by atoms with Gasteiger partial charge in [-0.3, -0.25) is 4.79 Å². The van der Waals surface area contributed by atoms with Crippen molar-refractivity contribution in [3.8, 4) is 5.75 Å². The number of hydrogen-bond donors (Lipinski definition) is 0. The molecule has 126 valence electrons. The first-order valence-electron chi connectivity index (χ1n) is 7.86. The Bertz CT molecular complexity index is 1160. The average Bonchev–Trinajstić information content (AvgIpc) is 2.92. The summed E-state index contributed by atoms with van der Waals surface area (Å²) >= 11 is 3.58. The van der Waals surface area contributed by atoms with Gasteiger partial charge in [-0.05, 0) is 29.8 Å². The number of aryl methyl sites for hydroxylation is 1. The molecule has 0 saturated carbocycles. The molecule has 2 heterocycles. The SMILES string of the molecule is COc1cccc(Cn2ncc3c4c(Br)cccc4n(C)c3c2=O)c1. The maximum Gasteiger partial charge on any atom is 0.291 e. The summed E-state index contributed by atoms with van der Waals surface area (Å²) in [5.41, 5.74) is 2.52. The van der Waals surface area contributed by atoms with Crippen molar-refractivity contribution in [2.75, 3.05) is 7.11 Å². The monoisotopic (exact) mass is 397 g/mol. The molecule has 5 nitrogen and oxygen atoms in total. The number of aromatic nitrogens is 3. The van der Waals surface area contributed by atoms with E-state index in [4.69, 9.17) is 4.74 Å². The third kappa shape index (κ3) is 2.53. The number of halogens is 1. The van der Waals surface area contributed by atoms with Crippen LogP contribution in [0.25, 0.3) is 21.8 Å². The lowest BCUT2D eigenvalue weighted by Gasteiger charge is -2.07. The molecule has 0 unspecified atom stereocenters. The summed E-state index contributed by atoms with van der Waals surface area (Å²) < 4.78 is 9.63. The van der Waals surface area contributed by atoms with Gasteiger partial charge in [-0.15, -0.1) is 0 Å². The molecular weight excluding hydrogens is 382 g/mol. The van der Waals surface area contributed by atoms with Gasteiger partial charge < -0.3 is 9.30 Å². The molecule has 0 aliphatic carbocycles. The van der Waals surface area contributed by atoms with Crippen LogP contribution in [0.1, 0.15) is 5.56 Å². The number of benzene rings is 2. The van der Waals surface area contributed by atoms with Crippen molar-refractivity contribution in [3.05, 3.63) is 69.1 Å². The molecular formula is C19H16BrN3O2. The fourth-order valence-electron chi connectivity index (χ4n) is 3.22. The molecule has 2 aromatic carbocycles. The highest BCUT2D eigenvalue weighted by atomic mass is 79.9. The molecule has 4 rings (SSSR count). The molecule has 0 aliphatic heterocycles. The van der Waals surface area contributed by atoms with Crippen LogP contribution in [-0.4, -0.2) is 21.5 Å². The van der Waals surface area contributed by atoms with E-state index in [1.807, 2.05) is 54.1 Å². The fraction of sp³-hybridized carbons (Fsp3) is 0.158. The zero-order chi connectivity index (χ0) is 17.6. The number of fused-ring (bicyclic) bond motifs is 3. The van der Waals surface area contributed by atoms with Crippen LogP contribution in [0.2, 0.25) is 0 Å². The Morgan fingerprint density at radius 3 is 2.80 bits per heavy atom. The van der Waals surface area contributed by atoms with E-state index in [2.05, 4.69) is 21.0 Å². The molecule has 0 amide bonds. The summed E-state index contributed by atoms with van der Waals surface area (Å²) in [6.07, 6.45) is 1.77. The third-order valence-electron chi connectivity index (χ3n) is 4.44. The first-order chi connectivity index (χ1) is 12.1. The van der Waals surface area contributed by atoms with E-state index < -0.39 is 0 Å². The van der Waals surface area contributed by atoms with Crippen LogP contribution in [0.15, 0.2) is 57.9 Å². The summed E-state index contributed by atoms with van der Waals surface area (Å²) in [5, 5.41) is 6.26. The number of rotatable bonds is 3. The normalized spacial score (nSPS) is 11.3. The highest BCUT2D eigenvalue weighted by molar-refractivity contribution is 9.10. The standard InChI is InChI=1S/C19H16BrN3O2/c1-22-16-8-4-7-15(20)17(16)14-10-21-23(19(24)18(14)22)11-12-5-3-6-13(9-12)25-2/h3-10H,11H2,1-2H3. The minimum absolute atomic E-state index is 0.106. The van der Waals surface area contributed by atoms with E-state index in [0.717, 1.165) is 32.1 Å². The van der Waals surface area contributed by atoms with Gasteiger partial charge in [0.2, 0.25) is 0 Å². The smallest absolute Gasteiger partial charge is 0.291 e. The molecule has 0 aliphatic rings. The largest absolute Gasteiger partial charge is 0.497 e. The maximum atomic E-state index is 13.0. The molecule has 0 spiro atoms. The van der Waals surface area contributed by atoms with Crippen molar-refractivity contribution in [1.82, 2.24) is 14.3 Å². The molecule has 0 bridgehead atoms. The van der Waals surface area contributed by atoms with Crippen molar-refractivity contribution in [3.63, 3.8) is 0 Å². The molecule has 4 aromatic rings. The summed E-state index contributed by atoms with van der Waals surface area (Å²) in [4.78, 5) is 13.0. The topological polar surface area (TPSA) is 49.0 Å². The molecule has 25 heavy (non-hydrogen) atoms. The van der Waals surface area contributed by atoms with E-state index in [9.17, 15) is 4.79 Å². The van der Waals surface area contributed by atoms with Gasteiger partial charge in [0.1, 0.15) is 11.3 Å². The van der Waals surface area contributed by atoms with Gasteiger partial charge >= 0.3 is 0 Å². The lowest BCUT2D eigenvalue weighted by Crippen LogP contribution is -2.24. The summed E-state index contributed by atoms with van der Waals surface area (Å²) in [6.45, 7) is 0.397. The molecule has 0 radical (unpaired) electrons. The van der Waals surface area contributed by atoms with Crippen LogP contribution in [0, 0.1) is 0 Å². The molecule has 0 N–H and O–H groups in total. The van der Waals surface area contributed by atoms with E-state index in [1.54, 1.807) is 13.3 Å². The summed E-state index contributed by atoms with van der Waals surface area (Å²) in [6, 6.07) is 13.6. The molecule has 0 fully saturated rings. The summed E-state index contributed by atoms with van der Waals surface area (Å²) in [5.74, 6) is 0.764. The number of methoxy groups -OCH3 is 1. The minimum atomic E-state index is -0.106.